The van der Waals surface area contributed by atoms with Gasteiger partial charge in [-0.15, -0.1) is 0 Å². The van der Waals surface area contributed by atoms with Gasteiger partial charge in [0.2, 0.25) is 0 Å². The summed E-state index contributed by atoms with van der Waals surface area (Å²) < 4.78 is 0. The van der Waals surface area contributed by atoms with E-state index in [1.165, 1.54) is 27.5 Å². The van der Waals surface area contributed by atoms with Crippen molar-refractivity contribution in [1.82, 2.24) is 5.32 Å². The highest BCUT2D eigenvalue weighted by molar-refractivity contribution is 5.87. The lowest BCUT2D eigenvalue weighted by molar-refractivity contribution is 0.608. The van der Waals surface area contributed by atoms with Crippen LogP contribution < -0.4 is 5.32 Å². The molecule has 3 aromatic rings. The lowest BCUT2D eigenvalue weighted by Crippen LogP contribution is -2.23. The van der Waals surface area contributed by atoms with E-state index < -0.39 is 0 Å². The van der Waals surface area contributed by atoms with E-state index in [1.807, 2.05) is 7.05 Å². The molecule has 1 unspecified atom stereocenters. The van der Waals surface area contributed by atoms with E-state index in [1.54, 1.807) is 0 Å². The van der Waals surface area contributed by atoms with Gasteiger partial charge in [0.1, 0.15) is 0 Å². The summed E-state index contributed by atoms with van der Waals surface area (Å²) in [6.07, 6.45) is 1.06. The van der Waals surface area contributed by atoms with Crippen LogP contribution in [0.15, 0.2) is 66.7 Å². The number of rotatable bonds is 4. The minimum Gasteiger partial charge on any atom is -0.317 e. The van der Waals surface area contributed by atoms with Crippen LogP contribution in [0.4, 0.5) is 0 Å². The van der Waals surface area contributed by atoms with Gasteiger partial charge in [-0.2, -0.15) is 0 Å². The predicted molar refractivity (Wildman–Crippen MR) is 91.6 cm³/mol. The maximum Gasteiger partial charge on any atom is 0.00761 e. The number of nitrogens with one attached hydrogen (secondary N) is 1. The van der Waals surface area contributed by atoms with Gasteiger partial charge in [-0.1, -0.05) is 60.7 Å². The first-order valence-corrected chi connectivity index (χ1v) is 7.51. The molecule has 1 heteroatoms. The van der Waals surface area contributed by atoms with E-state index in [0.717, 1.165) is 6.42 Å². The molecule has 0 aliphatic carbocycles. The molecule has 106 valence electrons. The number of hydrogen-bond donors (Lipinski definition) is 1. The zero-order valence-electron chi connectivity index (χ0n) is 12.6. The summed E-state index contributed by atoms with van der Waals surface area (Å²) in [5, 5.41) is 5.87. The Kier molecular flexibility index (Phi) is 4.03. The fraction of sp³-hybridized carbons (Fsp3) is 0.200. The van der Waals surface area contributed by atoms with Crippen LogP contribution in [0.5, 0.6) is 0 Å². The van der Waals surface area contributed by atoms with Crippen LogP contribution in [0.3, 0.4) is 0 Å². The minimum absolute atomic E-state index is 0.511. The highest BCUT2D eigenvalue weighted by Crippen LogP contribution is 2.24. The molecule has 0 amide bonds. The van der Waals surface area contributed by atoms with Crippen molar-refractivity contribution < 1.29 is 0 Å². The van der Waals surface area contributed by atoms with Gasteiger partial charge in [0.05, 0.1) is 0 Å². The van der Waals surface area contributed by atoms with Gasteiger partial charge in [0.25, 0.3) is 0 Å². The third kappa shape index (κ3) is 3.14. The average Bonchev–Trinajstić information content (AvgIpc) is 2.55. The molecule has 0 aliphatic heterocycles. The van der Waals surface area contributed by atoms with E-state index in [-0.39, 0.29) is 0 Å². The molecule has 0 radical (unpaired) electrons. The van der Waals surface area contributed by atoms with E-state index in [2.05, 4.69) is 79.0 Å². The highest BCUT2D eigenvalue weighted by atomic mass is 14.8. The molecule has 0 aromatic heterocycles. The average molecular weight is 275 g/mol. The second kappa shape index (κ2) is 6.11. The largest absolute Gasteiger partial charge is 0.317 e. The fourth-order valence-corrected chi connectivity index (χ4v) is 2.66. The summed E-state index contributed by atoms with van der Waals surface area (Å²) >= 11 is 0. The van der Waals surface area contributed by atoms with Gasteiger partial charge in [0, 0.05) is 6.04 Å². The van der Waals surface area contributed by atoms with Gasteiger partial charge < -0.3 is 5.32 Å². The van der Waals surface area contributed by atoms with Gasteiger partial charge in [-0.05, 0) is 53.9 Å². The van der Waals surface area contributed by atoms with E-state index in [0.29, 0.717) is 6.04 Å². The van der Waals surface area contributed by atoms with Gasteiger partial charge in [-0.25, -0.2) is 0 Å². The first-order valence-electron chi connectivity index (χ1n) is 7.51. The van der Waals surface area contributed by atoms with Crippen molar-refractivity contribution in [3.05, 3.63) is 72.3 Å². The summed E-state index contributed by atoms with van der Waals surface area (Å²) in [5.74, 6) is 0. The molecule has 1 nitrogen and oxygen atoms in total. The lowest BCUT2D eigenvalue weighted by Gasteiger charge is -2.10. The molecule has 0 saturated heterocycles. The van der Waals surface area contributed by atoms with Crippen LogP contribution in [0.2, 0.25) is 0 Å². The molecule has 1 atom stereocenters. The second-order valence-corrected chi connectivity index (χ2v) is 5.65. The van der Waals surface area contributed by atoms with Crippen molar-refractivity contribution >= 4 is 10.8 Å². The third-order valence-electron chi connectivity index (χ3n) is 4.07. The van der Waals surface area contributed by atoms with Crippen molar-refractivity contribution in [3.63, 3.8) is 0 Å². The van der Waals surface area contributed by atoms with Crippen molar-refractivity contribution in [2.75, 3.05) is 7.05 Å². The monoisotopic (exact) mass is 275 g/mol. The molecule has 0 saturated carbocycles. The summed E-state index contributed by atoms with van der Waals surface area (Å²) in [6.45, 7) is 2.21. The predicted octanol–water partition coefficient (Wildman–Crippen LogP) is 4.66. The van der Waals surface area contributed by atoms with Gasteiger partial charge >= 0.3 is 0 Å². The molecule has 3 rings (SSSR count). The van der Waals surface area contributed by atoms with E-state index in [4.69, 9.17) is 0 Å². The standard InChI is InChI=1S/C20H21N/c1-15(21-2)13-16-7-9-18(10-8-16)20-12-11-17-5-3-4-6-19(17)14-20/h3-12,14-15,21H,13H2,1-2H3. The Bertz CT molecular complexity index is 728. The Balaban J connectivity index is 1.88. The summed E-state index contributed by atoms with van der Waals surface area (Å²) in [4.78, 5) is 0. The van der Waals surface area contributed by atoms with Crippen LogP contribution in [0.1, 0.15) is 12.5 Å². The first-order chi connectivity index (χ1) is 10.3. The molecular weight excluding hydrogens is 254 g/mol. The smallest absolute Gasteiger partial charge is 0.00761 e. The lowest BCUT2D eigenvalue weighted by atomic mass is 9.99. The van der Waals surface area contributed by atoms with Crippen molar-refractivity contribution in [2.24, 2.45) is 0 Å². The normalized spacial score (nSPS) is 12.5. The maximum atomic E-state index is 3.28. The van der Waals surface area contributed by atoms with Crippen LogP contribution in [0, 0.1) is 0 Å². The SMILES string of the molecule is CNC(C)Cc1ccc(-c2ccc3ccccc3c2)cc1. The van der Waals surface area contributed by atoms with Crippen LogP contribution >= 0.6 is 0 Å². The summed E-state index contributed by atoms with van der Waals surface area (Å²) in [5.41, 5.74) is 3.94. The van der Waals surface area contributed by atoms with Crippen molar-refractivity contribution in [2.45, 2.75) is 19.4 Å². The molecule has 0 bridgehead atoms. The number of likely N-dealkylation sites (N-methyl/N-ethyl adjacent to an activating group) is 1. The molecule has 3 aromatic carbocycles. The Morgan fingerprint density at radius 1 is 0.810 bits per heavy atom. The van der Waals surface area contributed by atoms with Gasteiger partial charge in [-0.3, -0.25) is 0 Å². The number of fused-ring (bicyclic) bond motifs is 1. The van der Waals surface area contributed by atoms with Gasteiger partial charge in [0.15, 0.2) is 0 Å². The zero-order chi connectivity index (χ0) is 14.7. The van der Waals surface area contributed by atoms with E-state index in [9.17, 15) is 0 Å². The summed E-state index contributed by atoms with van der Waals surface area (Å²) in [6, 6.07) is 24.6. The zero-order valence-corrected chi connectivity index (χ0v) is 12.6. The quantitative estimate of drug-likeness (QED) is 0.730. The molecule has 0 aliphatic rings. The third-order valence-corrected chi connectivity index (χ3v) is 4.07. The fourth-order valence-electron chi connectivity index (χ4n) is 2.66. The number of benzene rings is 3. The van der Waals surface area contributed by atoms with Crippen LogP contribution in [-0.2, 0) is 6.42 Å². The van der Waals surface area contributed by atoms with Crippen molar-refractivity contribution in [3.8, 4) is 11.1 Å². The van der Waals surface area contributed by atoms with Crippen LogP contribution in [-0.4, -0.2) is 13.1 Å². The molecule has 21 heavy (non-hydrogen) atoms. The Morgan fingerprint density at radius 2 is 1.48 bits per heavy atom. The topological polar surface area (TPSA) is 12.0 Å². The van der Waals surface area contributed by atoms with Crippen molar-refractivity contribution in [1.29, 1.82) is 0 Å². The highest BCUT2D eigenvalue weighted by Gasteiger charge is 2.03. The van der Waals surface area contributed by atoms with Crippen LogP contribution in [0.25, 0.3) is 21.9 Å². The second-order valence-electron chi connectivity index (χ2n) is 5.65. The Labute approximate surface area is 126 Å². The summed E-state index contributed by atoms with van der Waals surface area (Å²) in [7, 11) is 2.01. The number of hydrogen-bond acceptors (Lipinski definition) is 1. The van der Waals surface area contributed by atoms with E-state index >= 15 is 0 Å². The maximum absolute atomic E-state index is 3.28. The Hall–Kier alpha value is -2.12. The Morgan fingerprint density at radius 3 is 2.19 bits per heavy atom. The minimum atomic E-state index is 0.511. The molecule has 0 fully saturated rings. The molecular formula is C20H21N. The first kappa shape index (κ1) is 13.8. The molecule has 1 N–H and O–H groups in total. The molecule has 0 heterocycles. The molecule has 0 spiro atoms.